The molecule has 6 heteroatoms. The Labute approximate surface area is 158 Å². The van der Waals surface area contributed by atoms with Gasteiger partial charge in [0.2, 0.25) is 0 Å². The molecule has 2 heterocycles. The molecule has 148 valence electrons. The summed E-state index contributed by atoms with van der Waals surface area (Å²) >= 11 is 0. The lowest BCUT2D eigenvalue weighted by molar-refractivity contribution is -0.0567. The van der Waals surface area contributed by atoms with Gasteiger partial charge in [0, 0.05) is 64.8 Å². The molecular formula is C20H36N4O2. The molecule has 2 saturated heterocycles. The van der Waals surface area contributed by atoms with Crippen molar-refractivity contribution in [2.75, 3.05) is 52.5 Å². The maximum atomic E-state index is 10.7. The number of guanidine groups is 1. The van der Waals surface area contributed by atoms with E-state index in [4.69, 9.17) is 9.73 Å². The first kappa shape index (κ1) is 18.5. The summed E-state index contributed by atoms with van der Waals surface area (Å²) in [5.74, 6) is 2.96. The molecule has 0 spiro atoms. The number of rotatable bonds is 4. The Balaban J connectivity index is 1.32. The fraction of sp³-hybridized carbons (Fsp3) is 0.950. The van der Waals surface area contributed by atoms with E-state index < -0.39 is 5.60 Å². The van der Waals surface area contributed by atoms with E-state index in [2.05, 4.69) is 22.0 Å². The highest BCUT2D eigenvalue weighted by Crippen LogP contribution is 2.46. The van der Waals surface area contributed by atoms with Crippen LogP contribution < -0.4 is 5.32 Å². The van der Waals surface area contributed by atoms with Crippen LogP contribution in [0.4, 0.5) is 0 Å². The first-order chi connectivity index (χ1) is 12.7. The van der Waals surface area contributed by atoms with Crippen LogP contribution in [0.2, 0.25) is 0 Å². The molecule has 2 saturated carbocycles. The molecule has 6 nitrogen and oxygen atoms in total. The summed E-state index contributed by atoms with van der Waals surface area (Å²) in [5, 5.41) is 14.1. The summed E-state index contributed by atoms with van der Waals surface area (Å²) in [5.41, 5.74) is -0.691. The maximum absolute atomic E-state index is 10.7. The number of ether oxygens (including phenoxy) is 1. The number of fused-ring (bicyclic) bond motifs is 2. The van der Waals surface area contributed by atoms with E-state index in [1.807, 2.05) is 0 Å². The first-order valence-electron chi connectivity index (χ1n) is 10.7. The lowest BCUT2D eigenvalue weighted by Crippen LogP contribution is -2.55. The van der Waals surface area contributed by atoms with Crippen molar-refractivity contribution in [2.45, 2.75) is 57.1 Å². The predicted octanol–water partition coefficient (Wildman–Crippen LogP) is 1.30. The Bertz CT molecular complexity index is 498. The number of piperazine rings is 1. The lowest BCUT2D eigenvalue weighted by atomic mass is 9.93. The van der Waals surface area contributed by atoms with Gasteiger partial charge in [-0.2, -0.15) is 0 Å². The van der Waals surface area contributed by atoms with E-state index in [1.165, 1.54) is 25.7 Å². The summed E-state index contributed by atoms with van der Waals surface area (Å²) in [4.78, 5) is 9.93. The van der Waals surface area contributed by atoms with Crippen LogP contribution in [0.1, 0.15) is 45.4 Å². The highest BCUT2D eigenvalue weighted by Gasteiger charge is 2.42. The molecule has 26 heavy (non-hydrogen) atoms. The van der Waals surface area contributed by atoms with Crippen molar-refractivity contribution in [1.82, 2.24) is 15.1 Å². The smallest absolute Gasteiger partial charge is 0.194 e. The minimum absolute atomic E-state index is 0.477. The van der Waals surface area contributed by atoms with Gasteiger partial charge in [0.25, 0.3) is 0 Å². The van der Waals surface area contributed by atoms with Crippen molar-refractivity contribution in [3.8, 4) is 0 Å². The summed E-state index contributed by atoms with van der Waals surface area (Å²) in [6, 6.07) is 0.846. The zero-order chi connectivity index (χ0) is 18.0. The molecule has 4 aliphatic rings. The molecule has 2 N–H and O–H groups in total. The molecule has 2 aliphatic carbocycles. The summed E-state index contributed by atoms with van der Waals surface area (Å²) in [6.45, 7) is 9.13. The van der Waals surface area contributed by atoms with Crippen LogP contribution in [0.15, 0.2) is 4.99 Å². The monoisotopic (exact) mass is 364 g/mol. The van der Waals surface area contributed by atoms with E-state index >= 15 is 0 Å². The van der Waals surface area contributed by atoms with Gasteiger partial charge in [0.1, 0.15) is 0 Å². The fourth-order valence-corrected chi connectivity index (χ4v) is 5.48. The van der Waals surface area contributed by atoms with Crippen LogP contribution in [-0.2, 0) is 4.74 Å². The van der Waals surface area contributed by atoms with Crippen LogP contribution in [0, 0.1) is 11.8 Å². The van der Waals surface area contributed by atoms with Crippen LogP contribution in [0.5, 0.6) is 0 Å². The number of nitrogens with one attached hydrogen (secondary N) is 1. The van der Waals surface area contributed by atoms with Gasteiger partial charge in [-0.15, -0.1) is 0 Å². The quantitative estimate of drug-likeness (QED) is 0.582. The molecule has 3 unspecified atom stereocenters. The van der Waals surface area contributed by atoms with Gasteiger partial charge in [0.05, 0.1) is 12.1 Å². The average Bonchev–Trinajstić information content (AvgIpc) is 3.29. The molecule has 2 bridgehead atoms. The standard InChI is InChI=1S/C20H36N4O2/c1-2-21-19(22-15-20(25)5-11-26-12-6-20)24-9-7-23(8-10-24)18-14-16-3-4-17(18)13-16/h16-18,25H,2-15H2,1H3,(H,21,22). The van der Waals surface area contributed by atoms with Crippen molar-refractivity contribution in [3.63, 3.8) is 0 Å². The van der Waals surface area contributed by atoms with E-state index in [-0.39, 0.29) is 0 Å². The fourth-order valence-electron chi connectivity index (χ4n) is 5.48. The third-order valence-corrected chi connectivity index (χ3v) is 7.07. The SMILES string of the molecule is CCNC(=NCC1(O)CCOCC1)N1CCN(C2CC3CCC2C3)CC1. The van der Waals surface area contributed by atoms with Crippen molar-refractivity contribution in [2.24, 2.45) is 16.8 Å². The Hall–Kier alpha value is -0.850. The highest BCUT2D eigenvalue weighted by atomic mass is 16.5. The van der Waals surface area contributed by atoms with Crippen molar-refractivity contribution >= 4 is 5.96 Å². The van der Waals surface area contributed by atoms with Crippen LogP contribution in [-0.4, -0.2) is 85.0 Å². The molecule has 0 aromatic carbocycles. The van der Waals surface area contributed by atoms with Gasteiger partial charge in [-0.1, -0.05) is 6.42 Å². The molecule has 0 amide bonds. The van der Waals surface area contributed by atoms with Gasteiger partial charge < -0.3 is 20.1 Å². The minimum atomic E-state index is -0.691. The van der Waals surface area contributed by atoms with Crippen molar-refractivity contribution < 1.29 is 9.84 Å². The van der Waals surface area contributed by atoms with Gasteiger partial charge in [-0.25, -0.2) is 0 Å². The molecular weight excluding hydrogens is 328 g/mol. The average molecular weight is 365 g/mol. The van der Waals surface area contributed by atoms with Crippen molar-refractivity contribution in [1.29, 1.82) is 0 Å². The van der Waals surface area contributed by atoms with E-state index in [0.717, 1.165) is 56.6 Å². The second kappa shape index (κ2) is 8.03. The summed E-state index contributed by atoms with van der Waals surface area (Å²) in [6.07, 6.45) is 7.24. The van der Waals surface area contributed by atoms with Crippen molar-refractivity contribution in [3.05, 3.63) is 0 Å². The molecule has 4 rings (SSSR count). The van der Waals surface area contributed by atoms with Gasteiger partial charge in [0.15, 0.2) is 5.96 Å². The molecule has 0 aromatic heterocycles. The summed E-state index contributed by atoms with van der Waals surface area (Å²) < 4.78 is 5.38. The first-order valence-corrected chi connectivity index (χ1v) is 10.7. The van der Waals surface area contributed by atoms with Crippen LogP contribution in [0.3, 0.4) is 0 Å². The molecule has 0 aromatic rings. The van der Waals surface area contributed by atoms with Gasteiger partial charge in [-0.3, -0.25) is 9.89 Å². The Morgan fingerprint density at radius 1 is 1.15 bits per heavy atom. The molecule has 4 fully saturated rings. The number of aliphatic imine (C=N–C) groups is 1. The third kappa shape index (κ3) is 4.02. The largest absolute Gasteiger partial charge is 0.388 e. The minimum Gasteiger partial charge on any atom is -0.388 e. The van der Waals surface area contributed by atoms with Crippen LogP contribution in [0.25, 0.3) is 0 Å². The normalized spacial score (nSPS) is 35.1. The Kier molecular flexibility index (Phi) is 5.72. The number of aliphatic hydroxyl groups is 1. The highest BCUT2D eigenvalue weighted by molar-refractivity contribution is 5.80. The van der Waals surface area contributed by atoms with Gasteiger partial charge in [-0.05, 0) is 38.0 Å². The van der Waals surface area contributed by atoms with Crippen LogP contribution >= 0.6 is 0 Å². The zero-order valence-electron chi connectivity index (χ0n) is 16.3. The van der Waals surface area contributed by atoms with Gasteiger partial charge >= 0.3 is 0 Å². The van der Waals surface area contributed by atoms with E-state index in [9.17, 15) is 5.11 Å². The third-order valence-electron chi connectivity index (χ3n) is 7.07. The number of hydrogen-bond acceptors (Lipinski definition) is 4. The summed E-state index contributed by atoms with van der Waals surface area (Å²) in [7, 11) is 0. The maximum Gasteiger partial charge on any atom is 0.194 e. The molecule has 2 aliphatic heterocycles. The number of nitrogens with zero attached hydrogens (tertiary/aromatic N) is 3. The Morgan fingerprint density at radius 2 is 1.92 bits per heavy atom. The lowest BCUT2D eigenvalue weighted by Gasteiger charge is -2.42. The van der Waals surface area contributed by atoms with E-state index in [1.54, 1.807) is 0 Å². The zero-order valence-corrected chi connectivity index (χ0v) is 16.3. The second-order valence-corrected chi connectivity index (χ2v) is 8.77. The Morgan fingerprint density at radius 3 is 2.54 bits per heavy atom. The number of hydrogen-bond donors (Lipinski definition) is 2. The molecule has 0 radical (unpaired) electrons. The predicted molar refractivity (Wildman–Crippen MR) is 103 cm³/mol. The van der Waals surface area contributed by atoms with E-state index in [0.29, 0.717) is 32.6 Å². The topological polar surface area (TPSA) is 60.3 Å². The second-order valence-electron chi connectivity index (χ2n) is 8.77. The molecule has 3 atom stereocenters.